The number of hydrogen-bond acceptors (Lipinski definition) is 3. The number of anilines is 1. The SMILES string of the molecule is COc1cc(CNc2ccc(C)c(C)c2)cc(Br)c1OCc1ccc(F)cc1Cl. The van der Waals surface area contributed by atoms with Crippen molar-refractivity contribution in [2.75, 3.05) is 12.4 Å². The Morgan fingerprint density at radius 3 is 2.52 bits per heavy atom. The van der Waals surface area contributed by atoms with Crippen molar-refractivity contribution < 1.29 is 13.9 Å². The number of rotatable bonds is 7. The normalized spacial score (nSPS) is 10.7. The molecular weight excluding hydrogens is 457 g/mol. The second-order valence-electron chi connectivity index (χ2n) is 6.79. The smallest absolute Gasteiger partial charge is 0.175 e. The van der Waals surface area contributed by atoms with Crippen LogP contribution < -0.4 is 14.8 Å². The maximum Gasteiger partial charge on any atom is 0.175 e. The van der Waals surface area contributed by atoms with Crippen LogP contribution in [0.2, 0.25) is 5.02 Å². The summed E-state index contributed by atoms with van der Waals surface area (Å²) in [6, 6.07) is 14.5. The molecule has 3 aromatic rings. The maximum atomic E-state index is 13.2. The molecular formula is C23H22BrClFNO2. The van der Waals surface area contributed by atoms with Crippen molar-refractivity contribution in [3.8, 4) is 11.5 Å². The molecule has 3 rings (SSSR count). The van der Waals surface area contributed by atoms with Crippen molar-refractivity contribution in [1.29, 1.82) is 0 Å². The lowest BCUT2D eigenvalue weighted by Gasteiger charge is -2.16. The first-order chi connectivity index (χ1) is 13.9. The highest BCUT2D eigenvalue weighted by molar-refractivity contribution is 9.10. The molecule has 0 saturated carbocycles. The highest BCUT2D eigenvalue weighted by Gasteiger charge is 2.13. The highest BCUT2D eigenvalue weighted by Crippen LogP contribution is 2.37. The summed E-state index contributed by atoms with van der Waals surface area (Å²) >= 11 is 9.65. The number of aryl methyl sites for hydroxylation is 2. The molecule has 0 aliphatic carbocycles. The number of benzene rings is 3. The molecule has 0 radical (unpaired) electrons. The first kappa shape index (κ1) is 21.5. The van der Waals surface area contributed by atoms with Gasteiger partial charge in [-0.2, -0.15) is 0 Å². The van der Waals surface area contributed by atoms with E-state index in [0.29, 0.717) is 28.6 Å². The van der Waals surface area contributed by atoms with E-state index in [1.807, 2.05) is 12.1 Å². The van der Waals surface area contributed by atoms with Crippen LogP contribution in [0.5, 0.6) is 11.5 Å². The third-order valence-corrected chi connectivity index (χ3v) is 5.62. The zero-order valence-corrected chi connectivity index (χ0v) is 18.8. The van der Waals surface area contributed by atoms with Crippen molar-refractivity contribution in [3.05, 3.63) is 86.1 Å². The fourth-order valence-electron chi connectivity index (χ4n) is 2.86. The average molecular weight is 479 g/mol. The molecule has 6 heteroatoms. The fourth-order valence-corrected chi connectivity index (χ4v) is 3.69. The minimum Gasteiger partial charge on any atom is -0.493 e. The van der Waals surface area contributed by atoms with Crippen LogP contribution in [0.25, 0.3) is 0 Å². The van der Waals surface area contributed by atoms with Crippen LogP contribution in [0.4, 0.5) is 10.1 Å². The Bertz CT molecular complexity index is 1030. The summed E-state index contributed by atoms with van der Waals surface area (Å²) in [6.07, 6.45) is 0. The minimum absolute atomic E-state index is 0.203. The molecule has 3 aromatic carbocycles. The summed E-state index contributed by atoms with van der Waals surface area (Å²) in [5, 5.41) is 3.76. The molecule has 0 fully saturated rings. The van der Waals surface area contributed by atoms with Gasteiger partial charge in [-0.1, -0.05) is 23.7 Å². The lowest BCUT2D eigenvalue weighted by atomic mass is 10.1. The Labute approximate surface area is 183 Å². The van der Waals surface area contributed by atoms with Crippen molar-refractivity contribution in [2.24, 2.45) is 0 Å². The molecule has 0 atom stereocenters. The van der Waals surface area contributed by atoms with Crippen LogP contribution in [-0.2, 0) is 13.2 Å². The summed E-state index contributed by atoms with van der Waals surface area (Å²) in [6.45, 7) is 5.04. The first-order valence-corrected chi connectivity index (χ1v) is 10.3. The van der Waals surface area contributed by atoms with Gasteiger partial charge in [-0.3, -0.25) is 0 Å². The van der Waals surface area contributed by atoms with E-state index >= 15 is 0 Å². The van der Waals surface area contributed by atoms with E-state index in [1.54, 1.807) is 13.2 Å². The van der Waals surface area contributed by atoms with Crippen LogP contribution in [0, 0.1) is 19.7 Å². The van der Waals surface area contributed by atoms with E-state index in [-0.39, 0.29) is 12.4 Å². The molecule has 0 unspecified atom stereocenters. The predicted molar refractivity (Wildman–Crippen MR) is 120 cm³/mol. The summed E-state index contributed by atoms with van der Waals surface area (Å²) in [4.78, 5) is 0. The van der Waals surface area contributed by atoms with Gasteiger partial charge in [0.1, 0.15) is 12.4 Å². The number of nitrogens with one attached hydrogen (secondary N) is 1. The van der Waals surface area contributed by atoms with Crippen LogP contribution in [0.15, 0.2) is 53.0 Å². The molecule has 0 bridgehead atoms. The topological polar surface area (TPSA) is 30.5 Å². The monoisotopic (exact) mass is 477 g/mol. The van der Waals surface area contributed by atoms with E-state index in [4.69, 9.17) is 21.1 Å². The standard InChI is InChI=1S/C23H22BrClFNO2/c1-14-4-7-19(8-15(14)2)27-12-16-9-20(24)23(22(10-16)28-3)29-13-17-5-6-18(26)11-21(17)25/h4-11,27H,12-13H2,1-3H3. The van der Waals surface area contributed by atoms with Crippen molar-refractivity contribution >= 4 is 33.2 Å². The van der Waals surface area contributed by atoms with E-state index < -0.39 is 0 Å². The van der Waals surface area contributed by atoms with E-state index in [1.165, 1.54) is 23.3 Å². The summed E-state index contributed by atoms with van der Waals surface area (Å²) in [5.41, 5.74) is 5.32. The largest absolute Gasteiger partial charge is 0.493 e. The minimum atomic E-state index is -0.377. The van der Waals surface area contributed by atoms with Gasteiger partial charge >= 0.3 is 0 Å². The molecule has 0 saturated heterocycles. The number of hydrogen-bond donors (Lipinski definition) is 1. The van der Waals surface area contributed by atoms with Crippen LogP contribution >= 0.6 is 27.5 Å². The molecule has 3 nitrogen and oxygen atoms in total. The van der Waals surface area contributed by atoms with Gasteiger partial charge in [0, 0.05) is 17.8 Å². The summed E-state index contributed by atoms with van der Waals surface area (Å²) in [7, 11) is 1.60. The van der Waals surface area contributed by atoms with Gasteiger partial charge < -0.3 is 14.8 Å². The predicted octanol–water partition coefficient (Wildman–Crippen LogP) is 7.06. The Balaban J connectivity index is 1.73. The zero-order chi connectivity index (χ0) is 21.0. The van der Waals surface area contributed by atoms with E-state index in [2.05, 4.69) is 53.3 Å². The third kappa shape index (κ3) is 5.43. The molecule has 0 amide bonds. The molecule has 0 spiro atoms. The van der Waals surface area contributed by atoms with E-state index in [9.17, 15) is 4.39 Å². The van der Waals surface area contributed by atoms with Crippen LogP contribution in [0.1, 0.15) is 22.3 Å². The van der Waals surface area contributed by atoms with Crippen molar-refractivity contribution in [2.45, 2.75) is 27.0 Å². The molecule has 0 aliphatic heterocycles. The van der Waals surface area contributed by atoms with Gasteiger partial charge in [-0.25, -0.2) is 4.39 Å². The van der Waals surface area contributed by atoms with Gasteiger partial charge in [-0.05, 0) is 82.9 Å². The van der Waals surface area contributed by atoms with Gasteiger partial charge in [0.2, 0.25) is 0 Å². The lowest BCUT2D eigenvalue weighted by molar-refractivity contribution is 0.282. The van der Waals surface area contributed by atoms with Crippen molar-refractivity contribution in [3.63, 3.8) is 0 Å². The second kappa shape index (κ2) is 9.51. The average Bonchev–Trinajstić information content (AvgIpc) is 2.69. The summed E-state index contributed by atoms with van der Waals surface area (Å²) < 4.78 is 25.4. The molecule has 0 aromatic heterocycles. The van der Waals surface area contributed by atoms with Crippen molar-refractivity contribution in [1.82, 2.24) is 0 Å². The number of halogens is 3. The quantitative estimate of drug-likeness (QED) is 0.394. The Morgan fingerprint density at radius 1 is 1.03 bits per heavy atom. The lowest BCUT2D eigenvalue weighted by Crippen LogP contribution is -2.03. The molecule has 0 aliphatic rings. The summed E-state index contributed by atoms with van der Waals surface area (Å²) in [5.74, 6) is 0.801. The molecule has 0 heterocycles. The van der Waals surface area contributed by atoms with Crippen LogP contribution in [-0.4, -0.2) is 7.11 Å². The fraction of sp³-hybridized carbons (Fsp3) is 0.217. The van der Waals surface area contributed by atoms with Crippen LogP contribution in [0.3, 0.4) is 0 Å². The molecule has 1 N–H and O–H groups in total. The van der Waals surface area contributed by atoms with Gasteiger partial charge in [0.05, 0.1) is 16.6 Å². The second-order valence-corrected chi connectivity index (χ2v) is 8.05. The zero-order valence-electron chi connectivity index (χ0n) is 16.5. The molecule has 152 valence electrons. The number of methoxy groups -OCH3 is 1. The maximum absolute atomic E-state index is 13.2. The third-order valence-electron chi connectivity index (χ3n) is 4.68. The van der Waals surface area contributed by atoms with Gasteiger partial charge in [-0.15, -0.1) is 0 Å². The number of ether oxygens (including phenoxy) is 2. The van der Waals surface area contributed by atoms with E-state index in [0.717, 1.165) is 15.7 Å². The van der Waals surface area contributed by atoms with Gasteiger partial charge in [0.25, 0.3) is 0 Å². The van der Waals surface area contributed by atoms with Gasteiger partial charge in [0.15, 0.2) is 11.5 Å². The Kier molecular flexibility index (Phi) is 7.04. The molecule has 29 heavy (non-hydrogen) atoms. The first-order valence-electron chi connectivity index (χ1n) is 9.11. The Morgan fingerprint density at radius 2 is 1.83 bits per heavy atom. The Hall–Kier alpha value is -2.24. The highest BCUT2D eigenvalue weighted by atomic mass is 79.9.